The Hall–Kier alpha value is -2.15. The third-order valence-electron chi connectivity index (χ3n) is 4.02. The minimum Gasteiger partial charge on any atom is -0.384 e. The minimum absolute atomic E-state index is 0.192. The monoisotopic (exact) mass is 303 g/mol. The molecule has 2 unspecified atom stereocenters. The number of anilines is 1. The Morgan fingerprint density at radius 1 is 1.50 bits per heavy atom. The molecule has 118 valence electrons. The van der Waals surface area contributed by atoms with Crippen molar-refractivity contribution >= 4 is 23.0 Å². The zero-order valence-electron chi connectivity index (χ0n) is 12.6. The number of aromatic nitrogens is 3. The molecular formula is C15H21N5O2. The summed E-state index contributed by atoms with van der Waals surface area (Å²) in [6, 6.07) is 1.78. The number of urea groups is 1. The number of hydrogen-bond acceptors (Lipinski definition) is 4. The molecule has 2 aromatic rings. The smallest absolute Gasteiger partial charge is 0.320 e. The van der Waals surface area contributed by atoms with Gasteiger partial charge in [0, 0.05) is 26.0 Å². The lowest BCUT2D eigenvalue weighted by molar-refractivity contribution is 0.122. The number of ether oxygens (including phenoxy) is 1. The molecule has 3 rings (SSSR count). The van der Waals surface area contributed by atoms with Gasteiger partial charge in [-0.15, -0.1) is 0 Å². The minimum atomic E-state index is -0.229. The fourth-order valence-corrected chi connectivity index (χ4v) is 3.04. The van der Waals surface area contributed by atoms with Crippen molar-refractivity contribution < 1.29 is 9.53 Å². The van der Waals surface area contributed by atoms with Gasteiger partial charge in [-0.2, -0.15) is 0 Å². The van der Waals surface area contributed by atoms with Crippen LogP contribution < -0.4 is 10.6 Å². The first kappa shape index (κ1) is 14.8. The first-order valence-corrected chi connectivity index (χ1v) is 7.61. The van der Waals surface area contributed by atoms with Gasteiger partial charge in [-0.25, -0.2) is 14.8 Å². The summed E-state index contributed by atoms with van der Waals surface area (Å²) < 4.78 is 5.21. The summed E-state index contributed by atoms with van der Waals surface area (Å²) in [7, 11) is 1.72. The molecule has 0 spiro atoms. The third kappa shape index (κ3) is 3.54. The van der Waals surface area contributed by atoms with E-state index in [0.29, 0.717) is 17.4 Å². The van der Waals surface area contributed by atoms with Gasteiger partial charge >= 0.3 is 6.03 Å². The van der Waals surface area contributed by atoms with E-state index in [1.807, 2.05) is 6.07 Å². The predicted molar refractivity (Wildman–Crippen MR) is 83.7 cm³/mol. The van der Waals surface area contributed by atoms with Crippen molar-refractivity contribution in [2.24, 2.45) is 5.92 Å². The Balaban J connectivity index is 1.55. The molecule has 22 heavy (non-hydrogen) atoms. The number of rotatable bonds is 4. The van der Waals surface area contributed by atoms with Crippen molar-refractivity contribution in [3.63, 3.8) is 0 Å². The van der Waals surface area contributed by atoms with Crippen molar-refractivity contribution in [3.05, 3.63) is 18.5 Å². The molecule has 0 radical (unpaired) electrons. The highest BCUT2D eigenvalue weighted by Gasteiger charge is 2.23. The first-order valence-electron chi connectivity index (χ1n) is 7.61. The van der Waals surface area contributed by atoms with Gasteiger partial charge in [0.25, 0.3) is 0 Å². The highest BCUT2D eigenvalue weighted by atomic mass is 16.5. The maximum atomic E-state index is 12.1. The molecule has 2 amide bonds. The maximum Gasteiger partial charge on any atom is 0.320 e. The van der Waals surface area contributed by atoms with Crippen molar-refractivity contribution in [2.75, 3.05) is 19.0 Å². The zero-order chi connectivity index (χ0) is 15.4. The fraction of sp³-hybridized carbons (Fsp3) is 0.533. The Morgan fingerprint density at radius 2 is 2.41 bits per heavy atom. The van der Waals surface area contributed by atoms with Crippen molar-refractivity contribution in [2.45, 2.75) is 31.7 Å². The van der Waals surface area contributed by atoms with Gasteiger partial charge in [0.15, 0.2) is 11.5 Å². The second kappa shape index (κ2) is 6.74. The van der Waals surface area contributed by atoms with Crippen LogP contribution in [0.5, 0.6) is 0 Å². The van der Waals surface area contributed by atoms with E-state index in [1.165, 1.54) is 6.42 Å². The summed E-state index contributed by atoms with van der Waals surface area (Å²) in [5.41, 5.74) is 1.44. The van der Waals surface area contributed by atoms with Crippen LogP contribution >= 0.6 is 0 Å². The van der Waals surface area contributed by atoms with E-state index in [2.05, 4.69) is 25.6 Å². The third-order valence-corrected chi connectivity index (χ3v) is 4.02. The number of fused-ring (bicyclic) bond motifs is 1. The lowest BCUT2D eigenvalue weighted by atomic mass is 9.86. The van der Waals surface area contributed by atoms with Gasteiger partial charge in [0.2, 0.25) is 0 Å². The maximum absolute atomic E-state index is 12.1. The van der Waals surface area contributed by atoms with Crippen LogP contribution in [0.3, 0.4) is 0 Å². The molecule has 0 aliphatic heterocycles. The van der Waals surface area contributed by atoms with E-state index in [9.17, 15) is 4.79 Å². The molecule has 7 nitrogen and oxygen atoms in total. The van der Waals surface area contributed by atoms with Gasteiger partial charge in [0.1, 0.15) is 5.52 Å². The number of nitrogens with one attached hydrogen (secondary N) is 3. The predicted octanol–water partition coefficient (Wildman–Crippen LogP) is 2.28. The fourth-order valence-electron chi connectivity index (χ4n) is 3.04. The molecule has 0 aromatic carbocycles. The summed E-state index contributed by atoms with van der Waals surface area (Å²) in [5.74, 6) is 0.980. The number of carbonyl (C=O) groups excluding carboxylic acids is 1. The molecule has 3 N–H and O–H groups in total. The molecular weight excluding hydrogens is 282 g/mol. The van der Waals surface area contributed by atoms with Crippen molar-refractivity contribution in [1.82, 2.24) is 20.3 Å². The standard InChI is InChI=1S/C15H21N5O2/c1-22-9-10-3-2-4-11(7-10)18-15(21)20-13-8-17-14-12(19-13)5-6-16-14/h5-6,8,10-11H,2-4,7,9H2,1H3,(H,16,17)(H2,18,19,20,21). The lowest BCUT2D eigenvalue weighted by Crippen LogP contribution is -2.41. The molecule has 2 heterocycles. The van der Waals surface area contributed by atoms with Crippen LogP contribution in [0.4, 0.5) is 10.6 Å². The quantitative estimate of drug-likeness (QED) is 0.808. The summed E-state index contributed by atoms with van der Waals surface area (Å²) in [6.45, 7) is 0.759. The van der Waals surface area contributed by atoms with Gasteiger partial charge in [-0.3, -0.25) is 5.32 Å². The molecule has 1 aliphatic rings. The van der Waals surface area contributed by atoms with Crippen LogP contribution in [0.15, 0.2) is 18.5 Å². The van der Waals surface area contributed by atoms with E-state index >= 15 is 0 Å². The van der Waals surface area contributed by atoms with Gasteiger partial charge < -0.3 is 15.0 Å². The van der Waals surface area contributed by atoms with Crippen LogP contribution in [0.25, 0.3) is 11.2 Å². The lowest BCUT2D eigenvalue weighted by Gasteiger charge is -2.29. The Bertz CT molecular complexity index is 640. The normalized spacial score (nSPS) is 21.7. The summed E-state index contributed by atoms with van der Waals surface area (Å²) >= 11 is 0. The summed E-state index contributed by atoms with van der Waals surface area (Å²) in [5, 5.41) is 5.77. The van der Waals surface area contributed by atoms with Crippen molar-refractivity contribution in [3.8, 4) is 0 Å². The van der Waals surface area contributed by atoms with Gasteiger partial charge in [-0.1, -0.05) is 6.42 Å². The second-order valence-electron chi connectivity index (χ2n) is 5.75. The number of amides is 2. The SMILES string of the molecule is COCC1CCCC(NC(=O)Nc2cnc3[nH]ccc3n2)C1. The average Bonchev–Trinajstić information content (AvgIpc) is 2.95. The van der Waals surface area contributed by atoms with Crippen LogP contribution in [-0.2, 0) is 4.74 Å². The summed E-state index contributed by atoms with van der Waals surface area (Å²) in [4.78, 5) is 23.6. The highest BCUT2D eigenvalue weighted by molar-refractivity contribution is 5.89. The number of aromatic amines is 1. The molecule has 0 saturated heterocycles. The van der Waals surface area contributed by atoms with E-state index in [1.54, 1.807) is 19.5 Å². The van der Waals surface area contributed by atoms with Gasteiger partial charge in [0.05, 0.1) is 6.20 Å². The average molecular weight is 303 g/mol. The largest absolute Gasteiger partial charge is 0.384 e. The molecule has 2 atom stereocenters. The van der Waals surface area contributed by atoms with E-state index in [0.717, 1.165) is 31.4 Å². The molecule has 7 heteroatoms. The Morgan fingerprint density at radius 3 is 3.27 bits per heavy atom. The first-order chi connectivity index (χ1) is 10.7. The second-order valence-corrected chi connectivity index (χ2v) is 5.75. The number of carbonyl (C=O) groups is 1. The van der Waals surface area contributed by atoms with Crippen LogP contribution in [0.2, 0.25) is 0 Å². The van der Waals surface area contributed by atoms with Crippen molar-refractivity contribution in [1.29, 1.82) is 0 Å². The van der Waals surface area contributed by atoms with E-state index in [4.69, 9.17) is 4.74 Å². The number of methoxy groups -OCH3 is 1. The molecule has 1 saturated carbocycles. The number of hydrogen-bond donors (Lipinski definition) is 3. The molecule has 0 bridgehead atoms. The highest BCUT2D eigenvalue weighted by Crippen LogP contribution is 2.24. The van der Waals surface area contributed by atoms with E-state index < -0.39 is 0 Å². The number of H-pyrrole nitrogens is 1. The number of nitrogens with zero attached hydrogens (tertiary/aromatic N) is 2. The van der Waals surface area contributed by atoms with Crippen LogP contribution in [-0.4, -0.2) is 40.7 Å². The molecule has 2 aromatic heterocycles. The topological polar surface area (TPSA) is 91.9 Å². The zero-order valence-corrected chi connectivity index (χ0v) is 12.6. The molecule has 1 aliphatic carbocycles. The Kier molecular flexibility index (Phi) is 4.53. The van der Waals surface area contributed by atoms with Gasteiger partial charge in [-0.05, 0) is 31.2 Å². The van der Waals surface area contributed by atoms with Crippen LogP contribution in [0, 0.1) is 5.92 Å². The Labute approximate surface area is 128 Å². The molecule has 1 fully saturated rings. The summed E-state index contributed by atoms with van der Waals surface area (Å²) in [6.07, 6.45) is 7.58. The van der Waals surface area contributed by atoms with E-state index in [-0.39, 0.29) is 12.1 Å². The van der Waals surface area contributed by atoms with Crippen LogP contribution in [0.1, 0.15) is 25.7 Å².